The molecular weight excluding hydrogens is 330 g/mol. The SMILES string of the molecule is CNCC(c1nc(C)n(C)c1Br)N1CCN(C(C)C)CC1. The van der Waals surface area contributed by atoms with Gasteiger partial charge in [-0.2, -0.15) is 0 Å². The number of nitrogens with zero attached hydrogens (tertiary/aromatic N) is 4. The number of hydrogen-bond donors (Lipinski definition) is 1. The van der Waals surface area contributed by atoms with Gasteiger partial charge in [-0.05, 0) is 43.7 Å². The summed E-state index contributed by atoms with van der Waals surface area (Å²) < 4.78 is 3.22. The summed E-state index contributed by atoms with van der Waals surface area (Å²) in [5, 5.41) is 3.33. The summed E-state index contributed by atoms with van der Waals surface area (Å²) in [6.07, 6.45) is 0. The lowest BCUT2D eigenvalue weighted by Gasteiger charge is -2.40. The van der Waals surface area contributed by atoms with E-state index in [2.05, 4.69) is 63.4 Å². The zero-order chi connectivity index (χ0) is 15.6. The van der Waals surface area contributed by atoms with Crippen molar-refractivity contribution in [1.29, 1.82) is 0 Å². The van der Waals surface area contributed by atoms with Gasteiger partial charge >= 0.3 is 0 Å². The van der Waals surface area contributed by atoms with Crippen molar-refractivity contribution in [3.05, 3.63) is 16.1 Å². The van der Waals surface area contributed by atoms with Crippen molar-refractivity contribution in [1.82, 2.24) is 24.7 Å². The van der Waals surface area contributed by atoms with Gasteiger partial charge in [-0.25, -0.2) is 4.98 Å². The number of nitrogens with one attached hydrogen (secondary N) is 1. The highest BCUT2D eigenvalue weighted by atomic mass is 79.9. The third-order valence-corrected chi connectivity index (χ3v) is 5.44. The molecule has 0 aliphatic carbocycles. The zero-order valence-electron chi connectivity index (χ0n) is 13.9. The zero-order valence-corrected chi connectivity index (χ0v) is 15.4. The van der Waals surface area contributed by atoms with E-state index in [1.807, 2.05) is 7.05 Å². The maximum atomic E-state index is 4.78. The summed E-state index contributed by atoms with van der Waals surface area (Å²) in [4.78, 5) is 9.88. The molecule has 0 bridgehead atoms. The number of halogens is 1. The first-order valence-electron chi connectivity index (χ1n) is 7.77. The molecule has 1 aliphatic heterocycles. The fraction of sp³-hybridized carbons (Fsp3) is 0.800. The summed E-state index contributed by atoms with van der Waals surface area (Å²) in [6, 6.07) is 0.970. The minimum absolute atomic E-state index is 0.332. The minimum atomic E-state index is 0.332. The molecule has 1 N–H and O–H groups in total. The van der Waals surface area contributed by atoms with E-state index >= 15 is 0 Å². The van der Waals surface area contributed by atoms with Gasteiger partial charge in [-0.1, -0.05) is 0 Å². The van der Waals surface area contributed by atoms with E-state index in [0.717, 1.165) is 48.8 Å². The van der Waals surface area contributed by atoms with Crippen molar-refractivity contribution in [3.8, 4) is 0 Å². The van der Waals surface area contributed by atoms with Crippen LogP contribution in [-0.2, 0) is 7.05 Å². The minimum Gasteiger partial charge on any atom is -0.326 e. The van der Waals surface area contributed by atoms with Crippen LogP contribution in [0.15, 0.2) is 4.60 Å². The molecule has 6 heteroatoms. The molecule has 1 fully saturated rings. The Morgan fingerprint density at radius 2 is 1.76 bits per heavy atom. The molecule has 5 nitrogen and oxygen atoms in total. The van der Waals surface area contributed by atoms with Crippen LogP contribution in [0.3, 0.4) is 0 Å². The Kier molecular flexibility index (Phi) is 5.82. The monoisotopic (exact) mass is 357 g/mol. The fourth-order valence-corrected chi connectivity index (χ4v) is 3.59. The standard InChI is InChI=1S/C15H28BrN5/c1-11(2)20-6-8-21(9-7-20)13(10-17-4)14-15(16)19(5)12(3)18-14/h11,13,17H,6-10H2,1-5H3. The van der Waals surface area contributed by atoms with Crippen LogP contribution in [0.2, 0.25) is 0 Å². The van der Waals surface area contributed by atoms with Crippen LogP contribution in [0.1, 0.15) is 31.4 Å². The average Bonchev–Trinajstić information content (AvgIpc) is 2.72. The van der Waals surface area contributed by atoms with E-state index in [1.54, 1.807) is 0 Å². The molecule has 2 rings (SSSR count). The summed E-state index contributed by atoms with van der Waals surface area (Å²) >= 11 is 3.71. The molecule has 0 amide bonds. The topological polar surface area (TPSA) is 36.3 Å². The van der Waals surface area contributed by atoms with Gasteiger partial charge in [-0.3, -0.25) is 9.80 Å². The van der Waals surface area contributed by atoms with Crippen LogP contribution in [-0.4, -0.2) is 65.2 Å². The number of likely N-dealkylation sites (N-methyl/N-ethyl adjacent to an activating group) is 1. The van der Waals surface area contributed by atoms with E-state index in [9.17, 15) is 0 Å². The van der Waals surface area contributed by atoms with Crippen molar-refractivity contribution in [2.45, 2.75) is 32.9 Å². The number of hydrogen-bond acceptors (Lipinski definition) is 4. The van der Waals surface area contributed by atoms with Crippen molar-refractivity contribution in [2.24, 2.45) is 7.05 Å². The van der Waals surface area contributed by atoms with Crippen LogP contribution in [0.5, 0.6) is 0 Å². The Balaban J connectivity index is 2.14. The molecule has 1 aromatic heterocycles. The number of piperazine rings is 1. The van der Waals surface area contributed by atoms with Gasteiger partial charge in [0.25, 0.3) is 0 Å². The van der Waals surface area contributed by atoms with Crippen LogP contribution in [0.25, 0.3) is 0 Å². The maximum Gasteiger partial charge on any atom is 0.109 e. The van der Waals surface area contributed by atoms with Gasteiger partial charge in [0.05, 0.1) is 11.7 Å². The quantitative estimate of drug-likeness (QED) is 0.871. The van der Waals surface area contributed by atoms with Gasteiger partial charge < -0.3 is 9.88 Å². The Morgan fingerprint density at radius 3 is 2.19 bits per heavy atom. The first kappa shape index (κ1) is 16.9. The van der Waals surface area contributed by atoms with Crippen molar-refractivity contribution >= 4 is 15.9 Å². The van der Waals surface area contributed by atoms with Crippen LogP contribution < -0.4 is 5.32 Å². The molecule has 21 heavy (non-hydrogen) atoms. The number of imidazole rings is 1. The molecule has 2 heterocycles. The predicted octanol–water partition coefficient (Wildman–Crippen LogP) is 1.78. The van der Waals surface area contributed by atoms with E-state index < -0.39 is 0 Å². The second-order valence-electron chi connectivity index (χ2n) is 6.13. The second-order valence-corrected chi connectivity index (χ2v) is 6.88. The fourth-order valence-electron chi connectivity index (χ4n) is 2.98. The van der Waals surface area contributed by atoms with Crippen molar-refractivity contribution < 1.29 is 0 Å². The lowest BCUT2D eigenvalue weighted by atomic mass is 10.1. The van der Waals surface area contributed by atoms with Crippen LogP contribution in [0, 0.1) is 6.92 Å². The number of aromatic nitrogens is 2. The molecule has 0 spiro atoms. The highest BCUT2D eigenvalue weighted by molar-refractivity contribution is 9.10. The van der Waals surface area contributed by atoms with Crippen molar-refractivity contribution in [3.63, 3.8) is 0 Å². The van der Waals surface area contributed by atoms with Gasteiger partial charge in [0.15, 0.2) is 0 Å². The lowest BCUT2D eigenvalue weighted by Crippen LogP contribution is -2.51. The Morgan fingerprint density at radius 1 is 1.19 bits per heavy atom. The molecule has 1 saturated heterocycles. The largest absolute Gasteiger partial charge is 0.326 e. The van der Waals surface area contributed by atoms with Gasteiger partial charge in [0, 0.05) is 45.8 Å². The van der Waals surface area contributed by atoms with E-state index in [4.69, 9.17) is 4.98 Å². The van der Waals surface area contributed by atoms with Gasteiger partial charge in [0.2, 0.25) is 0 Å². The summed E-state index contributed by atoms with van der Waals surface area (Å²) in [5.74, 6) is 1.05. The third-order valence-electron chi connectivity index (χ3n) is 4.51. The molecule has 1 aliphatic rings. The molecule has 0 radical (unpaired) electrons. The third kappa shape index (κ3) is 3.67. The highest BCUT2D eigenvalue weighted by Crippen LogP contribution is 2.28. The summed E-state index contributed by atoms with van der Waals surface area (Å²) in [6.45, 7) is 12.0. The van der Waals surface area contributed by atoms with Crippen molar-refractivity contribution in [2.75, 3.05) is 39.8 Å². The molecule has 0 saturated carbocycles. The molecule has 1 atom stereocenters. The number of aryl methyl sites for hydroxylation is 1. The normalized spacial score (nSPS) is 19.4. The lowest BCUT2D eigenvalue weighted by molar-refractivity contribution is 0.0765. The molecular formula is C15H28BrN5. The highest BCUT2D eigenvalue weighted by Gasteiger charge is 2.29. The first-order chi connectivity index (χ1) is 9.95. The van der Waals surface area contributed by atoms with E-state index in [-0.39, 0.29) is 0 Å². The first-order valence-corrected chi connectivity index (χ1v) is 8.56. The second kappa shape index (κ2) is 7.22. The molecule has 1 aromatic rings. The molecule has 120 valence electrons. The van der Waals surface area contributed by atoms with Gasteiger partial charge in [0.1, 0.15) is 10.4 Å². The van der Waals surface area contributed by atoms with Gasteiger partial charge in [-0.15, -0.1) is 0 Å². The Bertz CT molecular complexity index is 463. The molecule has 0 aromatic carbocycles. The summed E-state index contributed by atoms with van der Waals surface area (Å²) in [5.41, 5.74) is 1.15. The predicted molar refractivity (Wildman–Crippen MR) is 90.6 cm³/mol. The maximum absolute atomic E-state index is 4.78. The van der Waals surface area contributed by atoms with E-state index in [0.29, 0.717) is 12.1 Å². The molecule has 1 unspecified atom stereocenters. The van der Waals surface area contributed by atoms with E-state index in [1.165, 1.54) is 0 Å². The summed E-state index contributed by atoms with van der Waals surface area (Å²) in [7, 11) is 4.07. The average molecular weight is 358 g/mol. The Hall–Kier alpha value is -0.430. The number of rotatable bonds is 5. The Labute approximate surface area is 136 Å². The van der Waals surface area contributed by atoms with Crippen LogP contribution in [0.4, 0.5) is 0 Å². The smallest absolute Gasteiger partial charge is 0.109 e. The van der Waals surface area contributed by atoms with Crippen LogP contribution >= 0.6 is 15.9 Å².